The van der Waals surface area contributed by atoms with Crippen LogP contribution in [-0.4, -0.2) is 103 Å². The fourth-order valence-corrected chi connectivity index (χ4v) is 5.99. The van der Waals surface area contributed by atoms with Gasteiger partial charge in [-0.1, -0.05) is 26.7 Å². The molecule has 0 radical (unpaired) electrons. The van der Waals surface area contributed by atoms with Gasteiger partial charge in [-0.25, -0.2) is 8.42 Å². The largest absolute Gasteiger partial charge is 0.342 e. The van der Waals surface area contributed by atoms with Gasteiger partial charge in [-0.2, -0.15) is 4.31 Å². The summed E-state index contributed by atoms with van der Waals surface area (Å²) in [5.41, 5.74) is -0.423. The van der Waals surface area contributed by atoms with Crippen LogP contribution in [-0.2, 0) is 26.2 Å². The number of carbonyl (C=O) groups is 2. The summed E-state index contributed by atoms with van der Waals surface area (Å²) in [6, 6.07) is 2.48. The van der Waals surface area contributed by atoms with E-state index < -0.39 is 15.6 Å². The predicted octanol–water partition coefficient (Wildman–Crippen LogP) is 0.426. The van der Waals surface area contributed by atoms with Gasteiger partial charge in [-0.3, -0.25) is 19.3 Å². The fraction of sp³-hybridized carbons (Fsp3) is 0.696. The second kappa shape index (κ2) is 11.9. The van der Waals surface area contributed by atoms with Crippen LogP contribution in [0, 0.1) is 0 Å². The number of hydrogen-bond donors (Lipinski definition) is 0. The van der Waals surface area contributed by atoms with Crippen LogP contribution in [0.1, 0.15) is 39.5 Å². The van der Waals surface area contributed by atoms with Crippen molar-refractivity contribution in [1.29, 1.82) is 0 Å². The van der Waals surface area contributed by atoms with E-state index in [1.54, 1.807) is 18.7 Å². The Hall–Kier alpha value is -2.24. The van der Waals surface area contributed by atoms with Crippen molar-refractivity contribution in [1.82, 2.24) is 23.6 Å². The quantitative estimate of drug-likeness (QED) is 0.518. The molecule has 0 aromatic carbocycles. The molecule has 0 unspecified atom stereocenters. The smallest absolute Gasteiger partial charge is 0.251 e. The molecular weight excluding hydrogens is 458 g/mol. The molecule has 3 rings (SSSR count). The first-order valence-corrected chi connectivity index (χ1v) is 13.7. The Kier molecular flexibility index (Phi) is 9.26. The molecule has 190 valence electrons. The van der Waals surface area contributed by atoms with Crippen LogP contribution in [0.4, 0.5) is 0 Å². The second-order valence-electron chi connectivity index (χ2n) is 8.87. The number of piperazine rings is 1. The van der Waals surface area contributed by atoms with Gasteiger partial charge < -0.3 is 14.4 Å². The number of carbonyl (C=O) groups excluding carboxylic acids is 2. The topological polar surface area (TPSA) is 103 Å². The third kappa shape index (κ3) is 6.45. The van der Waals surface area contributed by atoms with Gasteiger partial charge in [0.15, 0.2) is 0 Å². The first kappa shape index (κ1) is 26.4. The lowest BCUT2D eigenvalue weighted by Crippen LogP contribution is -2.52. The molecule has 0 N–H and O–H groups in total. The van der Waals surface area contributed by atoms with Gasteiger partial charge in [0, 0.05) is 64.6 Å². The standard InChI is InChI=1S/C23H37N5O5S/c1-3-28(4-2)34(32,33)20-9-10-21(29)27(17-20)19-23(31)26-15-13-24(14-16-26)18-22(30)25-11-7-5-6-8-12-25/h9-10,17H,3-8,11-16,18-19H2,1-2H3. The van der Waals surface area contributed by atoms with Crippen molar-refractivity contribution >= 4 is 21.8 Å². The fourth-order valence-electron chi connectivity index (χ4n) is 4.51. The van der Waals surface area contributed by atoms with Crippen LogP contribution < -0.4 is 5.56 Å². The summed E-state index contributed by atoms with van der Waals surface area (Å²) in [7, 11) is -3.73. The highest BCUT2D eigenvalue weighted by Gasteiger charge is 2.26. The van der Waals surface area contributed by atoms with Gasteiger partial charge in [-0.05, 0) is 18.9 Å². The van der Waals surface area contributed by atoms with E-state index in [2.05, 4.69) is 4.90 Å². The number of nitrogens with zero attached hydrogens (tertiary/aromatic N) is 5. The average molecular weight is 496 g/mol. The molecule has 11 heteroatoms. The lowest BCUT2D eigenvalue weighted by atomic mass is 10.2. The Morgan fingerprint density at radius 2 is 1.38 bits per heavy atom. The maximum absolute atomic E-state index is 12.9. The maximum Gasteiger partial charge on any atom is 0.251 e. The highest BCUT2D eigenvalue weighted by Crippen LogP contribution is 2.14. The van der Waals surface area contributed by atoms with Crippen molar-refractivity contribution in [3.63, 3.8) is 0 Å². The number of likely N-dealkylation sites (tertiary alicyclic amines) is 1. The maximum atomic E-state index is 12.9. The molecule has 1 aromatic heterocycles. The minimum atomic E-state index is -3.73. The number of amides is 2. The van der Waals surface area contributed by atoms with Crippen molar-refractivity contribution in [2.45, 2.75) is 51.0 Å². The highest BCUT2D eigenvalue weighted by atomic mass is 32.2. The third-order valence-electron chi connectivity index (χ3n) is 6.65. The van der Waals surface area contributed by atoms with Gasteiger partial charge in [0.2, 0.25) is 21.8 Å². The molecule has 0 aliphatic carbocycles. The highest BCUT2D eigenvalue weighted by molar-refractivity contribution is 7.89. The lowest BCUT2D eigenvalue weighted by molar-refractivity contribution is -0.135. The number of sulfonamides is 1. The van der Waals surface area contributed by atoms with Crippen LogP contribution >= 0.6 is 0 Å². The molecular formula is C23H37N5O5S. The molecule has 2 fully saturated rings. The minimum Gasteiger partial charge on any atom is -0.342 e. The molecule has 2 aliphatic rings. The van der Waals surface area contributed by atoms with Crippen molar-refractivity contribution < 1.29 is 18.0 Å². The zero-order valence-electron chi connectivity index (χ0n) is 20.3. The zero-order valence-corrected chi connectivity index (χ0v) is 21.1. The zero-order chi connectivity index (χ0) is 24.7. The lowest BCUT2D eigenvalue weighted by Gasteiger charge is -2.35. The second-order valence-corrected chi connectivity index (χ2v) is 10.8. The molecule has 2 aliphatic heterocycles. The molecule has 0 atom stereocenters. The number of aromatic nitrogens is 1. The summed E-state index contributed by atoms with van der Waals surface area (Å²) in [6.45, 7) is 8.08. The monoisotopic (exact) mass is 495 g/mol. The van der Waals surface area contributed by atoms with Crippen LogP contribution in [0.3, 0.4) is 0 Å². The molecule has 2 saturated heterocycles. The van der Waals surface area contributed by atoms with E-state index in [0.29, 0.717) is 45.8 Å². The van der Waals surface area contributed by atoms with Crippen molar-refractivity contribution in [3.8, 4) is 0 Å². The minimum absolute atomic E-state index is 0.000411. The molecule has 1 aromatic rings. The van der Waals surface area contributed by atoms with Crippen LogP contribution in [0.15, 0.2) is 28.0 Å². The molecule has 3 heterocycles. The molecule has 0 saturated carbocycles. The SMILES string of the molecule is CCN(CC)S(=O)(=O)c1ccc(=O)n(CC(=O)N2CCN(CC(=O)N3CCCCCC3)CC2)c1. The average Bonchev–Trinajstić information content (AvgIpc) is 3.11. The number of pyridine rings is 1. The van der Waals surface area contributed by atoms with Gasteiger partial charge in [0.25, 0.3) is 5.56 Å². The normalized spacial score (nSPS) is 18.2. The summed E-state index contributed by atoms with van der Waals surface area (Å²) >= 11 is 0. The van der Waals surface area contributed by atoms with Crippen LogP contribution in [0.25, 0.3) is 0 Å². The van der Waals surface area contributed by atoms with Gasteiger partial charge >= 0.3 is 0 Å². The Morgan fingerprint density at radius 3 is 1.97 bits per heavy atom. The number of rotatable bonds is 8. The van der Waals surface area contributed by atoms with Crippen LogP contribution in [0.2, 0.25) is 0 Å². The summed E-state index contributed by atoms with van der Waals surface area (Å²) in [5, 5.41) is 0. The van der Waals surface area contributed by atoms with E-state index >= 15 is 0 Å². The predicted molar refractivity (Wildman–Crippen MR) is 129 cm³/mol. The molecule has 10 nitrogen and oxygen atoms in total. The van der Waals surface area contributed by atoms with E-state index in [-0.39, 0.29) is 23.3 Å². The van der Waals surface area contributed by atoms with E-state index in [9.17, 15) is 22.8 Å². The van der Waals surface area contributed by atoms with Crippen LogP contribution in [0.5, 0.6) is 0 Å². The molecule has 2 amide bonds. The van der Waals surface area contributed by atoms with Crippen molar-refractivity contribution in [2.24, 2.45) is 0 Å². The first-order valence-electron chi connectivity index (χ1n) is 12.2. The summed E-state index contributed by atoms with van der Waals surface area (Å²) in [6.07, 6.45) is 5.73. The van der Waals surface area contributed by atoms with E-state index in [1.807, 2.05) is 4.90 Å². The van der Waals surface area contributed by atoms with Crippen molar-refractivity contribution in [2.75, 3.05) is 58.9 Å². The summed E-state index contributed by atoms with van der Waals surface area (Å²) in [4.78, 5) is 43.5. The molecule has 0 spiro atoms. The Bertz CT molecular complexity index is 1000. The van der Waals surface area contributed by atoms with Gasteiger partial charge in [0.1, 0.15) is 6.54 Å². The Balaban J connectivity index is 1.57. The molecule has 34 heavy (non-hydrogen) atoms. The summed E-state index contributed by atoms with van der Waals surface area (Å²) < 4.78 is 28.0. The molecule has 0 bridgehead atoms. The summed E-state index contributed by atoms with van der Waals surface area (Å²) in [5.74, 6) is -0.0857. The van der Waals surface area contributed by atoms with Gasteiger partial charge in [0.05, 0.1) is 11.4 Å². The Labute approximate surface area is 202 Å². The van der Waals surface area contributed by atoms with E-state index in [1.165, 1.54) is 35.5 Å². The first-order chi connectivity index (χ1) is 16.3. The van der Waals surface area contributed by atoms with E-state index in [4.69, 9.17) is 0 Å². The van der Waals surface area contributed by atoms with Crippen molar-refractivity contribution in [3.05, 3.63) is 28.7 Å². The van der Waals surface area contributed by atoms with E-state index in [0.717, 1.165) is 30.5 Å². The van der Waals surface area contributed by atoms with Gasteiger partial charge in [-0.15, -0.1) is 0 Å². The number of hydrogen-bond acceptors (Lipinski definition) is 6. The third-order valence-corrected chi connectivity index (χ3v) is 8.68. The Morgan fingerprint density at radius 1 is 0.824 bits per heavy atom.